The number of aromatic nitrogens is 2. The van der Waals surface area contributed by atoms with E-state index in [4.69, 9.17) is 9.84 Å². The molecular formula is C11H17N3O5S. The van der Waals surface area contributed by atoms with Gasteiger partial charge in [0, 0.05) is 19.3 Å². The van der Waals surface area contributed by atoms with Gasteiger partial charge in [0.15, 0.2) is 0 Å². The number of carboxylic acid groups (broad SMARTS) is 1. The lowest BCUT2D eigenvalue weighted by Gasteiger charge is -2.21. The standard InChI is InChI=1S/C11H17N3O5S/c15-11(16)7-14-6-10(5-12-14)20(17,18)13-4-9-2-1-3-19-8-9/h5-6,9,13H,1-4,7-8H2,(H,15,16). The average Bonchev–Trinajstić information content (AvgIpc) is 2.86. The van der Waals surface area contributed by atoms with E-state index in [0.29, 0.717) is 13.2 Å². The molecule has 20 heavy (non-hydrogen) atoms. The van der Waals surface area contributed by atoms with Crippen molar-refractivity contribution in [2.75, 3.05) is 19.8 Å². The summed E-state index contributed by atoms with van der Waals surface area (Å²) in [6.07, 6.45) is 4.21. The fourth-order valence-electron chi connectivity index (χ4n) is 1.99. The second-order valence-electron chi connectivity index (χ2n) is 4.70. The molecule has 2 heterocycles. The Hall–Kier alpha value is -1.45. The maximum absolute atomic E-state index is 12.0. The van der Waals surface area contributed by atoms with Crippen LogP contribution in [-0.2, 0) is 26.1 Å². The predicted molar refractivity (Wildman–Crippen MR) is 68.6 cm³/mol. The van der Waals surface area contributed by atoms with E-state index in [1.54, 1.807) is 0 Å². The molecule has 8 nitrogen and oxygen atoms in total. The molecule has 1 aliphatic rings. The Balaban J connectivity index is 1.95. The topological polar surface area (TPSA) is 111 Å². The maximum Gasteiger partial charge on any atom is 0.325 e. The van der Waals surface area contributed by atoms with Crippen molar-refractivity contribution in [3.63, 3.8) is 0 Å². The first-order chi connectivity index (χ1) is 9.47. The van der Waals surface area contributed by atoms with Crippen LogP contribution in [0.2, 0.25) is 0 Å². The molecule has 0 aliphatic carbocycles. The highest BCUT2D eigenvalue weighted by molar-refractivity contribution is 7.89. The summed E-state index contributed by atoms with van der Waals surface area (Å²) in [6, 6.07) is 0. The van der Waals surface area contributed by atoms with Crippen LogP contribution in [-0.4, -0.2) is 49.0 Å². The lowest BCUT2D eigenvalue weighted by Crippen LogP contribution is -2.33. The van der Waals surface area contributed by atoms with Crippen LogP contribution >= 0.6 is 0 Å². The third-order valence-electron chi connectivity index (χ3n) is 3.03. The molecule has 0 spiro atoms. The molecule has 1 aliphatic heterocycles. The highest BCUT2D eigenvalue weighted by atomic mass is 32.2. The fourth-order valence-corrected chi connectivity index (χ4v) is 3.06. The van der Waals surface area contributed by atoms with E-state index in [1.807, 2.05) is 0 Å². The van der Waals surface area contributed by atoms with Gasteiger partial charge in [-0.25, -0.2) is 13.1 Å². The van der Waals surface area contributed by atoms with Crippen molar-refractivity contribution in [1.29, 1.82) is 0 Å². The van der Waals surface area contributed by atoms with Crippen LogP contribution in [0.15, 0.2) is 17.3 Å². The molecular weight excluding hydrogens is 286 g/mol. The van der Waals surface area contributed by atoms with Crippen LogP contribution in [0, 0.1) is 5.92 Å². The van der Waals surface area contributed by atoms with Gasteiger partial charge in [0.25, 0.3) is 0 Å². The van der Waals surface area contributed by atoms with E-state index in [2.05, 4.69) is 9.82 Å². The summed E-state index contributed by atoms with van der Waals surface area (Å²) in [5.41, 5.74) is 0. The van der Waals surface area contributed by atoms with E-state index >= 15 is 0 Å². The summed E-state index contributed by atoms with van der Waals surface area (Å²) in [4.78, 5) is 10.5. The summed E-state index contributed by atoms with van der Waals surface area (Å²) < 4.78 is 32.9. The first-order valence-electron chi connectivity index (χ1n) is 6.29. The summed E-state index contributed by atoms with van der Waals surface area (Å²) in [7, 11) is -3.66. The molecule has 0 amide bonds. The number of hydrogen-bond donors (Lipinski definition) is 2. The third-order valence-corrected chi connectivity index (χ3v) is 4.41. The number of carbonyl (C=O) groups is 1. The molecule has 2 rings (SSSR count). The third kappa shape index (κ3) is 4.02. The molecule has 1 unspecified atom stereocenters. The van der Waals surface area contributed by atoms with Crippen molar-refractivity contribution in [2.45, 2.75) is 24.3 Å². The first-order valence-corrected chi connectivity index (χ1v) is 7.77. The fraction of sp³-hybridized carbons (Fsp3) is 0.636. The zero-order valence-corrected chi connectivity index (χ0v) is 11.7. The number of hydrogen-bond acceptors (Lipinski definition) is 5. The van der Waals surface area contributed by atoms with Gasteiger partial charge in [-0.3, -0.25) is 9.48 Å². The van der Waals surface area contributed by atoms with E-state index in [9.17, 15) is 13.2 Å². The molecule has 112 valence electrons. The van der Waals surface area contributed by atoms with Crippen LogP contribution in [0.3, 0.4) is 0 Å². The average molecular weight is 303 g/mol. The molecule has 0 radical (unpaired) electrons. The number of nitrogens with one attached hydrogen (secondary N) is 1. The quantitative estimate of drug-likeness (QED) is 0.744. The van der Waals surface area contributed by atoms with Gasteiger partial charge in [0.2, 0.25) is 10.0 Å². The highest BCUT2D eigenvalue weighted by Gasteiger charge is 2.20. The number of aliphatic carboxylic acids is 1. The Morgan fingerprint density at radius 1 is 1.60 bits per heavy atom. The van der Waals surface area contributed by atoms with Crippen LogP contribution in [0.5, 0.6) is 0 Å². The minimum atomic E-state index is -3.66. The highest BCUT2D eigenvalue weighted by Crippen LogP contribution is 2.14. The van der Waals surface area contributed by atoms with Crippen molar-refractivity contribution >= 4 is 16.0 Å². The molecule has 0 saturated carbocycles. The van der Waals surface area contributed by atoms with Crippen molar-refractivity contribution in [3.8, 4) is 0 Å². The monoisotopic (exact) mass is 303 g/mol. The predicted octanol–water partition coefficient (Wildman–Crippen LogP) is -0.327. The molecule has 0 aromatic carbocycles. The van der Waals surface area contributed by atoms with Crippen molar-refractivity contribution in [1.82, 2.24) is 14.5 Å². The van der Waals surface area contributed by atoms with E-state index in [-0.39, 0.29) is 17.4 Å². The molecule has 9 heteroatoms. The molecule has 1 aromatic rings. The van der Waals surface area contributed by atoms with Crippen LogP contribution in [0.4, 0.5) is 0 Å². The Kier molecular flexibility index (Phi) is 4.73. The van der Waals surface area contributed by atoms with Gasteiger partial charge in [-0.2, -0.15) is 5.10 Å². The zero-order valence-electron chi connectivity index (χ0n) is 10.9. The summed E-state index contributed by atoms with van der Waals surface area (Å²) in [6.45, 7) is 1.23. The Bertz CT molecular complexity index is 562. The smallest absolute Gasteiger partial charge is 0.325 e. The summed E-state index contributed by atoms with van der Waals surface area (Å²) in [5.74, 6) is -0.906. The van der Waals surface area contributed by atoms with E-state index in [1.165, 1.54) is 6.20 Å². The van der Waals surface area contributed by atoms with Gasteiger partial charge in [-0.05, 0) is 18.8 Å². The number of carboxylic acids is 1. The SMILES string of the molecule is O=C(O)Cn1cc(S(=O)(=O)NCC2CCCOC2)cn1. The Labute approximate surface area is 116 Å². The lowest BCUT2D eigenvalue weighted by molar-refractivity contribution is -0.137. The summed E-state index contributed by atoms with van der Waals surface area (Å²) >= 11 is 0. The number of ether oxygens (including phenoxy) is 1. The summed E-state index contributed by atoms with van der Waals surface area (Å²) in [5, 5.41) is 12.3. The molecule has 2 N–H and O–H groups in total. The Morgan fingerprint density at radius 2 is 2.40 bits per heavy atom. The Morgan fingerprint density at radius 3 is 3.05 bits per heavy atom. The van der Waals surface area contributed by atoms with Crippen LogP contribution < -0.4 is 4.72 Å². The maximum atomic E-state index is 12.0. The number of rotatable bonds is 6. The first kappa shape index (κ1) is 14.9. The second-order valence-corrected chi connectivity index (χ2v) is 6.47. The van der Waals surface area contributed by atoms with Gasteiger partial charge in [-0.1, -0.05) is 0 Å². The minimum absolute atomic E-state index is 0.0320. The molecule has 1 fully saturated rings. The van der Waals surface area contributed by atoms with Gasteiger partial charge < -0.3 is 9.84 Å². The minimum Gasteiger partial charge on any atom is -0.480 e. The normalized spacial score (nSPS) is 19.9. The van der Waals surface area contributed by atoms with E-state index < -0.39 is 16.0 Å². The molecule has 1 aromatic heterocycles. The largest absolute Gasteiger partial charge is 0.480 e. The van der Waals surface area contributed by atoms with Crippen molar-refractivity contribution in [3.05, 3.63) is 12.4 Å². The lowest BCUT2D eigenvalue weighted by atomic mass is 10.0. The van der Waals surface area contributed by atoms with Crippen LogP contribution in [0.25, 0.3) is 0 Å². The molecule has 1 saturated heterocycles. The van der Waals surface area contributed by atoms with Gasteiger partial charge in [-0.15, -0.1) is 0 Å². The second kappa shape index (κ2) is 6.33. The molecule has 1 atom stereocenters. The molecule has 0 bridgehead atoms. The van der Waals surface area contributed by atoms with Gasteiger partial charge in [0.05, 0.1) is 12.8 Å². The van der Waals surface area contributed by atoms with Crippen molar-refractivity contribution in [2.24, 2.45) is 5.92 Å². The van der Waals surface area contributed by atoms with Gasteiger partial charge >= 0.3 is 5.97 Å². The van der Waals surface area contributed by atoms with Crippen LogP contribution in [0.1, 0.15) is 12.8 Å². The zero-order chi connectivity index (χ0) is 14.6. The van der Waals surface area contributed by atoms with Gasteiger partial charge in [0.1, 0.15) is 11.4 Å². The number of nitrogens with zero attached hydrogens (tertiary/aromatic N) is 2. The number of sulfonamides is 1. The van der Waals surface area contributed by atoms with E-state index in [0.717, 1.165) is 30.3 Å². The van der Waals surface area contributed by atoms with Crippen molar-refractivity contribution < 1.29 is 23.1 Å².